The smallest absolute Gasteiger partial charge is 0.266 e. The average Bonchev–Trinajstić information content (AvgIpc) is 2.36. The summed E-state index contributed by atoms with van der Waals surface area (Å²) >= 11 is 3.03. The van der Waals surface area contributed by atoms with Crippen LogP contribution in [0.5, 0.6) is 0 Å². The predicted molar refractivity (Wildman–Crippen MR) is 78.3 cm³/mol. The van der Waals surface area contributed by atoms with Gasteiger partial charge in [0, 0.05) is 16.4 Å². The van der Waals surface area contributed by atoms with E-state index in [-0.39, 0.29) is 11.5 Å². The first-order valence-corrected chi connectivity index (χ1v) is 7.77. The van der Waals surface area contributed by atoms with Crippen molar-refractivity contribution < 1.29 is 12.8 Å². The SMILES string of the molecule is Cc1ccc(NS(=O)(=O)c2cc(N)c(Br)cc2F)nc1. The van der Waals surface area contributed by atoms with Gasteiger partial charge in [-0.2, -0.15) is 0 Å². The van der Waals surface area contributed by atoms with Gasteiger partial charge in [0.1, 0.15) is 16.5 Å². The average molecular weight is 360 g/mol. The van der Waals surface area contributed by atoms with E-state index in [1.54, 1.807) is 6.07 Å². The lowest BCUT2D eigenvalue weighted by Crippen LogP contribution is -2.16. The van der Waals surface area contributed by atoms with E-state index < -0.39 is 20.7 Å². The van der Waals surface area contributed by atoms with Crippen LogP contribution in [-0.4, -0.2) is 13.4 Å². The van der Waals surface area contributed by atoms with Crippen LogP contribution in [0.3, 0.4) is 0 Å². The monoisotopic (exact) mass is 359 g/mol. The molecule has 106 valence electrons. The fourth-order valence-corrected chi connectivity index (χ4v) is 2.89. The second-order valence-electron chi connectivity index (χ2n) is 4.13. The van der Waals surface area contributed by atoms with Gasteiger partial charge in [0.2, 0.25) is 0 Å². The van der Waals surface area contributed by atoms with E-state index >= 15 is 0 Å². The Morgan fingerprint density at radius 2 is 2.05 bits per heavy atom. The molecule has 5 nitrogen and oxygen atoms in total. The van der Waals surface area contributed by atoms with Crippen molar-refractivity contribution in [2.24, 2.45) is 0 Å². The molecule has 2 rings (SSSR count). The van der Waals surface area contributed by atoms with Crippen LogP contribution in [0.4, 0.5) is 15.9 Å². The Hall–Kier alpha value is -1.67. The summed E-state index contributed by atoms with van der Waals surface area (Å²) in [6.07, 6.45) is 1.50. The highest BCUT2D eigenvalue weighted by atomic mass is 79.9. The molecule has 1 aromatic carbocycles. The Labute approximate surface area is 124 Å². The number of nitrogens with zero attached hydrogens (tertiary/aromatic N) is 1. The molecule has 3 N–H and O–H groups in total. The Balaban J connectivity index is 2.40. The maximum Gasteiger partial charge on any atom is 0.266 e. The third kappa shape index (κ3) is 3.07. The molecule has 1 heterocycles. The van der Waals surface area contributed by atoms with Crippen LogP contribution in [0, 0.1) is 12.7 Å². The summed E-state index contributed by atoms with van der Waals surface area (Å²) in [7, 11) is -4.08. The highest BCUT2D eigenvalue weighted by Gasteiger charge is 2.21. The summed E-state index contributed by atoms with van der Waals surface area (Å²) in [4.78, 5) is 3.38. The van der Waals surface area contributed by atoms with Crippen molar-refractivity contribution in [1.82, 2.24) is 4.98 Å². The molecule has 8 heteroatoms. The molecule has 0 saturated heterocycles. The largest absolute Gasteiger partial charge is 0.398 e. The van der Waals surface area contributed by atoms with E-state index in [1.807, 2.05) is 6.92 Å². The number of anilines is 2. The predicted octanol–water partition coefficient (Wildman–Crippen LogP) is 2.67. The number of hydrogen-bond acceptors (Lipinski definition) is 4. The lowest BCUT2D eigenvalue weighted by molar-refractivity contribution is 0.570. The molecule has 0 radical (unpaired) electrons. The number of aromatic nitrogens is 1. The molecule has 0 amide bonds. The molecule has 0 aliphatic carbocycles. The third-order valence-electron chi connectivity index (χ3n) is 2.49. The van der Waals surface area contributed by atoms with Crippen molar-refractivity contribution in [3.8, 4) is 0 Å². The van der Waals surface area contributed by atoms with Gasteiger partial charge in [0.15, 0.2) is 0 Å². The number of nitrogen functional groups attached to an aromatic ring is 1. The van der Waals surface area contributed by atoms with Crippen molar-refractivity contribution in [3.63, 3.8) is 0 Å². The van der Waals surface area contributed by atoms with Crippen LogP contribution in [0.15, 0.2) is 39.8 Å². The molecule has 0 bridgehead atoms. The summed E-state index contributed by atoms with van der Waals surface area (Å²) in [5.41, 5.74) is 6.59. The lowest BCUT2D eigenvalue weighted by atomic mass is 10.3. The van der Waals surface area contributed by atoms with E-state index in [9.17, 15) is 12.8 Å². The number of nitrogens with one attached hydrogen (secondary N) is 1. The van der Waals surface area contributed by atoms with E-state index in [1.165, 1.54) is 12.3 Å². The number of benzene rings is 1. The van der Waals surface area contributed by atoms with Crippen LogP contribution in [-0.2, 0) is 10.0 Å². The minimum atomic E-state index is -4.08. The zero-order valence-corrected chi connectivity index (χ0v) is 12.8. The molecule has 2 aromatic rings. The molecule has 20 heavy (non-hydrogen) atoms. The van der Waals surface area contributed by atoms with Crippen molar-refractivity contribution in [2.45, 2.75) is 11.8 Å². The lowest BCUT2D eigenvalue weighted by Gasteiger charge is -2.09. The maximum atomic E-state index is 13.8. The summed E-state index contributed by atoms with van der Waals surface area (Å²) in [5.74, 6) is -0.790. The number of rotatable bonds is 3. The van der Waals surface area contributed by atoms with Gasteiger partial charge < -0.3 is 5.73 Å². The summed E-state index contributed by atoms with van der Waals surface area (Å²) in [6, 6.07) is 5.24. The first-order chi connectivity index (χ1) is 9.29. The number of hydrogen-bond donors (Lipinski definition) is 2. The molecule has 0 aliphatic heterocycles. The molecule has 0 saturated carbocycles. The standard InChI is InChI=1S/C12H11BrFN3O2S/c1-7-2-3-12(16-6-7)17-20(18,19)11-5-10(15)8(13)4-9(11)14/h2-6H,15H2,1H3,(H,16,17). The number of pyridine rings is 1. The number of nitrogens with two attached hydrogens (primary N) is 1. The number of sulfonamides is 1. The van der Waals surface area contributed by atoms with Crippen LogP contribution >= 0.6 is 15.9 Å². The first kappa shape index (κ1) is 14.7. The van der Waals surface area contributed by atoms with E-state index in [2.05, 4.69) is 25.6 Å². The van der Waals surface area contributed by atoms with Gasteiger partial charge in [-0.3, -0.25) is 4.72 Å². The van der Waals surface area contributed by atoms with Crippen molar-refractivity contribution >= 4 is 37.5 Å². The van der Waals surface area contributed by atoms with Gasteiger partial charge in [-0.15, -0.1) is 0 Å². The van der Waals surface area contributed by atoms with Gasteiger partial charge in [-0.1, -0.05) is 6.07 Å². The summed E-state index contributed by atoms with van der Waals surface area (Å²) in [5, 5.41) is 0. The normalized spacial score (nSPS) is 11.3. The van der Waals surface area contributed by atoms with E-state index in [0.717, 1.165) is 17.7 Å². The fourth-order valence-electron chi connectivity index (χ4n) is 1.47. The van der Waals surface area contributed by atoms with E-state index in [0.29, 0.717) is 4.47 Å². The zero-order valence-electron chi connectivity index (χ0n) is 10.4. The minimum absolute atomic E-state index is 0.108. The third-order valence-corrected chi connectivity index (χ3v) is 4.55. The van der Waals surface area contributed by atoms with Crippen molar-refractivity contribution in [2.75, 3.05) is 10.5 Å². The highest BCUT2D eigenvalue weighted by molar-refractivity contribution is 9.10. The van der Waals surface area contributed by atoms with Gasteiger partial charge in [0.05, 0.1) is 0 Å². The minimum Gasteiger partial charge on any atom is -0.398 e. The van der Waals surface area contributed by atoms with Gasteiger partial charge >= 0.3 is 0 Å². The molecule has 0 fully saturated rings. The van der Waals surface area contributed by atoms with E-state index in [4.69, 9.17) is 5.73 Å². The Morgan fingerprint density at radius 1 is 1.35 bits per heavy atom. The molecular weight excluding hydrogens is 349 g/mol. The highest BCUT2D eigenvalue weighted by Crippen LogP contribution is 2.27. The van der Waals surface area contributed by atoms with Gasteiger partial charge in [0.25, 0.3) is 10.0 Å². The maximum absolute atomic E-state index is 13.8. The van der Waals surface area contributed by atoms with Gasteiger partial charge in [-0.25, -0.2) is 17.8 Å². The van der Waals surface area contributed by atoms with Crippen molar-refractivity contribution in [1.29, 1.82) is 0 Å². The Kier molecular flexibility index (Phi) is 3.96. The Bertz CT molecular complexity index is 748. The van der Waals surface area contributed by atoms with Crippen LogP contribution in [0.2, 0.25) is 0 Å². The number of aryl methyl sites for hydroxylation is 1. The second-order valence-corrected chi connectivity index (χ2v) is 6.64. The molecular formula is C12H11BrFN3O2S. The van der Waals surface area contributed by atoms with Crippen LogP contribution in [0.25, 0.3) is 0 Å². The van der Waals surface area contributed by atoms with Gasteiger partial charge in [-0.05, 0) is 46.6 Å². The fraction of sp³-hybridized carbons (Fsp3) is 0.0833. The molecule has 0 unspecified atom stereocenters. The second kappa shape index (κ2) is 5.37. The molecule has 0 atom stereocenters. The zero-order chi connectivity index (χ0) is 14.9. The topological polar surface area (TPSA) is 85.1 Å². The van der Waals surface area contributed by atoms with Crippen molar-refractivity contribution in [3.05, 3.63) is 46.3 Å². The molecule has 0 spiro atoms. The quantitative estimate of drug-likeness (QED) is 0.825. The molecule has 0 aliphatic rings. The summed E-state index contributed by atoms with van der Waals surface area (Å²) in [6.45, 7) is 1.82. The van der Waals surface area contributed by atoms with Crippen LogP contribution < -0.4 is 10.5 Å². The summed E-state index contributed by atoms with van der Waals surface area (Å²) < 4.78 is 40.5. The Morgan fingerprint density at radius 3 is 2.65 bits per heavy atom. The first-order valence-electron chi connectivity index (χ1n) is 5.49. The number of halogens is 2. The molecule has 1 aromatic heterocycles. The van der Waals surface area contributed by atoms with Crippen LogP contribution in [0.1, 0.15) is 5.56 Å².